The number of hydrogen-bond acceptors (Lipinski definition) is 1. The SMILES string of the molecule is CC1Cc2c(c3ccccc3n2-c2ccccc2)C=C1c1ccc(-c2ccc(-n3c4ccccc4c4ccsc43)cc2)cc1. The molecule has 1 aliphatic carbocycles. The van der Waals surface area contributed by atoms with E-state index < -0.39 is 0 Å². The summed E-state index contributed by atoms with van der Waals surface area (Å²) < 4.78 is 4.85. The van der Waals surface area contributed by atoms with Crippen LogP contribution < -0.4 is 0 Å². The van der Waals surface area contributed by atoms with Gasteiger partial charge in [-0.2, -0.15) is 0 Å². The summed E-state index contributed by atoms with van der Waals surface area (Å²) >= 11 is 1.80. The lowest BCUT2D eigenvalue weighted by atomic mass is 9.83. The summed E-state index contributed by atoms with van der Waals surface area (Å²) in [5.74, 6) is 0.421. The van der Waals surface area contributed by atoms with E-state index in [9.17, 15) is 0 Å². The Hall–Kier alpha value is -5.12. The Morgan fingerprint density at radius 3 is 1.89 bits per heavy atom. The number of allylic oxidation sites excluding steroid dienone is 1. The number of rotatable bonds is 4. The number of benzene rings is 5. The van der Waals surface area contributed by atoms with Crippen molar-refractivity contribution in [2.45, 2.75) is 13.3 Å². The third-order valence-corrected chi connectivity index (χ3v) is 10.2. The molecular formula is C41H30N2S. The van der Waals surface area contributed by atoms with E-state index in [0.29, 0.717) is 5.92 Å². The van der Waals surface area contributed by atoms with Crippen LogP contribution in [0.25, 0.3) is 66.2 Å². The number of hydrogen-bond donors (Lipinski definition) is 0. The molecule has 1 unspecified atom stereocenters. The zero-order valence-electron chi connectivity index (χ0n) is 24.4. The highest BCUT2D eigenvalue weighted by Gasteiger charge is 2.26. The molecule has 3 heteroatoms. The first kappa shape index (κ1) is 25.4. The van der Waals surface area contributed by atoms with E-state index in [2.05, 4.69) is 161 Å². The molecule has 0 bridgehead atoms. The minimum Gasteiger partial charge on any atom is -0.313 e. The summed E-state index contributed by atoms with van der Waals surface area (Å²) in [4.78, 5) is 1.30. The zero-order valence-corrected chi connectivity index (χ0v) is 25.3. The van der Waals surface area contributed by atoms with E-state index in [1.165, 1.54) is 76.9 Å². The van der Waals surface area contributed by atoms with Crippen LogP contribution in [0.15, 0.2) is 139 Å². The first-order chi connectivity index (χ1) is 21.7. The number of nitrogens with zero attached hydrogens (tertiary/aromatic N) is 2. The van der Waals surface area contributed by atoms with Crippen molar-refractivity contribution in [3.05, 3.63) is 156 Å². The van der Waals surface area contributed by atoms with Crippen LogP contribution in [0, 0.1) is 5.92 Å². The average molecular weight is 583 g/mol. The van der Waals surface area contributed by atoms with Gasteiger partial charge in [0.15, 0.2) is 0 Å². The summed E-state index contributed by atoms with van der Waals surface area (Å²) in [6, 6.07) is 48.7. The Kier molecular flexibility index (Phi) is 5.75. The lowest BCUT2D eigenvalue weighted by molar-refractivity contribution is 0.708. The summed E-state index contributed by atoms with van der Waals surface area (Å²) in [5.41, 5.74) is 12.9. The predicted octanol–water partition coefficient (Wildman–Crippen LogP) is 11.2. The van der Waals surface area contributed by atoms with Crippen molar-refractivity contribution < 1.29 is 0 Å². The van der Waals surface area contributed by atoms with Gasteiger partial charge in [-0.05, 0) is 88.5 Å². The zero-order chi connectivity index (χ0) is 29.2. The fourth-order valence-corrected chi connectivity index (χ4v) is 8.16. The third-order valence-electron chi connectivity index (χ3n) is 9.32. The maximum Gasteiger partial charge on any atom is 0.108 e. The highest BCUT2D eigenvalue weighted by molar-refractivity contribution is 7.17. The van der Waals surface area contributed by atoms with Crippen LogP contribution >= 0.6 is 11.3 Å². The average Bonchev–Trinajstić information content (AvgIpc) is 3.76. The number of thiophene rings is 1. The highest BCUT2D eigenvalue weighted by Crippen LogP contribution is 2.41. The molecule has 0 saturated carbocycles. The molecule has 3 heterocycles. The van der Waals surface area contributed by atoms with Gasteiger partial charge in [-0.15, -0.1) is 11.3 Å². The van der Waals surface area contributed by atoms with Crippen LogP contribution in [0.4, 0.5) is 0 Å². The topological polar surface area (TPSA) is 9.86 Å². The van der Waals surface area contributed by atoms with Crippen molar-refractivity contribution in [2.75, 3.05) is 0 Å². The van der Waals surface area contributed by atoms with Crippen LogP contribution in [0.2, 0.25) is 0 Å². The van der Waals surface area contributed by atoms with Crippen LogP contribution in [0.1, 0.15) is 23.7 Å². The third kappa shape index (κ3) is 3.86. The number of aromatic nitrogens is 2. The molecule has 1 aliphatic rings. The van der Waals surface area contributed by atoms with Crippen molar-refractivity contribution in [2.24, 2.45) is 5.92 Å². The van der Waals surface area contributed by atoms with E-state index in [1.54, 1.807) is 11.3 Å². The minimum atomic E-state index is 0.421. The van der Waals surface area contributed by atoms with Gasteiger partial charge in [0.25, 0.3) is 0 Å². The molecule has 0 radical (unpaired) electrons. The van der Waals surface area contributed by atoms with Crippen LogP contribution in [0.5, 0.6) is 0 Å². The fourth-order valence-electron chi connectivity index (χ4n) is 7.22. The first-order valence-corrected chi connectivity index (χ1v) is 16.2. The van der Waals surface area contributed by atoms with Crippen molar-refractivity contribution in [3.8, 4) is 22.5 Å². The van der Waals surface area contributed by atoms with Crippen LogP contribution in [-0.2, 0) is 6.42 Å². The molecule has 8 aromatic rings. The van der Waals surface area contributed by atoms with Crippen molar-refractivity contribution in [1.82, 2.24) is 9.13 Å². The van der Waals surface area contributed by atoms with Crippen molar-refractivity contribution in [1.29, 1.82) is 0 Å². The molecule has 9 rings (SSSR count). The van der Waals surface area contributed by atoms with Gasteiger partial charge in [0.05, 0.1) is 11.0 Å². The van der Waals surface area contributed by atoms with E-state index in [4.69, 9.17) is 0 Å². The molecule has 1 atom stereocenters. The van der Waals surface area contributed by atoms with E-state index >= 15 is 0 Å². The van der Waals surface area contributed by atoms with Crippen LogP contribution in [0.3, 0.4) is 0 Å². The second kappa shape index (κ2) is 9.97. The standard InChI is InChI=1S/C41H30N2S/c1-27-25-40-37(34-12-6-7-13-38(34)42(40)31-9-3-2-4-10-31)26-36(27)30-17-15-28(16-18-30)29-19-21-32(22-20-29)43-39-14-8-5-11-33(39)35-23-24-44-41(35)43/h2-24,26-27H,25H2,1H3. The van der Waals surface area contributed by atoms with E-state index in [-0.39, 0.29) is 0 Å². The highest BCUT2D eigenvalue weighted by atomic mass is 32.1. The van der Waals surface area contributed by atoms with Gasteiger partial charge in [-0.3, -0.25) is 0 Å². The van der Waals surface area contributed by atoms with Crippen molar-refractivity contribution in [3.63, 3.8) is 0 Å². The van der Waals surface area contributed by atoms with Gasteiger partial charge in [0.2, 0.25) is 0 Å². The van der Waals surface area contributed by atoms with Gasteiger partial charge in [-0.1, -0.05) is 97.9 Å². The van der Waals surface area contributed by atoms with E-state index in [0.717, 1.165) is 6.42 Å². The normalized spacial score (nSPS) is 14.8. The lowest BCUT2D eigenvalue weighted by Gasteiger charge is -2.24. The molecule has 44 heavy (non-hydrogen) atoms. The van der Waals surface area contributed by atoms with Gasteiger partial charge in [-0.25, -0.2) is 0 Å². The summed E-state index contributed by atoms with van der Waals surface area (Å²) in [6.45, 7) is 2.36. The van der Waals surface area contributed by atoms with Gasteiger partial charge in [0, 0.05) is 38.8 Å². The molecule has 2 nitrogen and oxygen atoms in total. The molecule has 5 aromatic carbocycles. The van der Waals surface area contributed by atoms with Crippen LogP contribution in [-0.4, -0.2) is 9.13 Å². The summed E-state index contributed by atoms with van der Waals surface area (Å²) in [6.07, 6.45) is 3.46. The molecule has 210 valence electrons. The fraction of sp³-hybridized carbons (Fsp3) is 0.0732. The quantitative estimate of drug-likeness (QED) is 0.195. The maximum absolute atomic E-state index is 2.46. The Labute approximate surface area is 260 Å². The Morgan fingerprint density at radius 1 is 0.545 bits per heavy atom. The van der Waals surface area contributed by atoms with Gasteiger partial charge >= 0.3 is 0 Å². The molecule has 0 aliphatic heterocycles. The van der Waals surface area contributed by atoms with Gasteiger partial charge < -0.3 is 9.13 Å². The predicted molar refractivity (Wildman–Crippen MR) is 188 cm³/mol. The molecular weight excluding hydrogens is 553 g/mol. The molecule has 0 N–H and O–H groups in total. The Morgan fingerprint density at radius 2 is 1.14 bits per heavy atom. The summed E-state index contributed by atoms with van der Waals surface area (Å²) in [7, 11) is 0. The second-order valence-electron chi connectivity index (χ2n) is 11.9. The van der Waals surface area contributed by atoms with E-state index in [1.807, 2.05) is 0 Å². The molecule has 0 saturated heterocycles. The van der Waals surface area contributed by atoms with Gasteiger partial charge in [0.1, 0.15) is 4.83 Å². The lowest BCUT2D eigenvalue weighted by Crippen LogP contribution is -2.12. The summed E-state index contributed by atoms with van der Waals surface area (Å²) in [5, 5.41) is 6.15. The molecule has 0 amide bonds. The largest absolute Gasteiger partial charge is 0.313 e. The first-order valence-electron chi connectivity index (χ1n) is 15.3. The Bertz CT molecular complexity index is 2350. The van der Waals surface area contributed by atoms with Crippen molar-refractivity contribution >= 4 is 55.0 Å². The Balaban J connectivity index is 1.07. The second-order valence-corrected chi connectivity index (χ2v) is 12.8. The number of para-hydroxylation sites is 3. The smallest absolute Gasteiger partial charge is 0.108 e. The maximum atomic E-state index is 2.46. The molecule has 0 fully saturated rings. The number of fused-ring (bicyclic) bond motifs is 6. The minimum absolute atomic E-state index is 0.421. The monoisotopic (exact) mass is 582 g/mol. The molecule has 0 spiro atoms. The molecule has 3 aromatic heterocycles.